The van der Waals surface area contributed by atoms with Crippen LogP contribution in [-0.2, 0) is 19.6 Å². The molecule has 0 spiro atoms. The van der Waals surface area contributed by atoms with Gasteiger partial charge in [-0.25, -0.2) is 4.98 Å². The lowest BCUT2D eigenvalue weighted by Gasteiger charge is -2.31. The minimum Gasteiger partial charge on any atom is -0.383 e. The van der Waals surface area contributed by atoms with E-state index >= 15 is 0 Å². The van der Waals surface area contributed by atoms with E-state index in [2.05, 4.69) is 42.7 Å². The Morgan fingerprint density at radius 1 is 1.11 bits per heavy atom. The summed E-state index contributed by atoms with van der Waals surface area (Å²) in [5.41, 5.74) is 7.09. The second kappa shape index (κ2) is 7.87. The van der Waals surface area contributed by atoms with Crippen LogP contribution in [0.15, 0.2) is 36.8 Å². The van der Waals surface area contributed by atoms with Gasteiger partial charge in [-0.15, -0.1) is 10.2 Å². The van der Waals surface area contributed by atoms with Crippen LogP contribution in [0.5, 0.6) is 0 Å². The number of nitrogens with two attached hydrogens (primary N) is 1. The summed E-state index contributed by atoms with van der Waals surface area (Å²) in [6.45, 7) is 6.61. The van der Waals surface area contributed by atoms with Gasteiger partial charge in [-0.2, -0.15) is 5.10 Å². The van der Waals surface area contributed by atoms with Crippen LogP contribution in [0.1, 0.15) is 42.9 Å². The molecular formula is C19H26N8. The standard InChI is InChI=1S/C19H26N8/c1-2-27-17(14-26-10-4-9-22-26)23-24-19(27)15-6-11-25(12-7-15)13-16-5-3-8-21-18(16)20/h3-5,8-10,15H,2,6-7,11-14H2,1H3,(H2,20,21). The molecule has 1 aliphatic heterocycles. The molecular weight excluding hydrogens is 340 g/mol. The van der Waals surface area contributed by atoms with Gasteiger partial charge in [0, 0.05) is 43.2 Å². The number of nitrogens with zero attached hydrogens (tertiary/aromatic N) is 7. The molecule has 0 amide bonds. The van der Waals surface area contributed by atoms with Gasteiger partial charge in [0.1, 0.15) is 18.2 Å². The summed E-state index contributed by atoms with van der Waals surface area (Å²) >= 11 is 0. The first-order chi connectivity index (χ1) is 13.2. The van der Waals surface area contributed by atoms with Crippen LogP contribution in [0.25, 0.3) is 0 Å². The summed E-state index contributed by atoms with van der Waals surface area (Å²) in [6.07, 6.45) is 7.65. The Morgan fingerprint density at radius 3 is 2.67 bits per heavy atom. The van der Waals surface area contributed by atoms with E-state index in [1.54, 1.807) is 12.4 Å². The summed E-state index contributed by atoms with van der Waals surface area (Å²) < 4.78 is 4.14. The highest BCUT2D eigenvalue weighted by atomic mass is 15.3. The third kappa shape index (κ3) is 3.85. The van der Waals surface area contributed by atoms with Crippen molar-refractivity contribution in [3.05, 3.63) is 54.0 Å². The average molecular weight is 366 g/mol. The Hall–Kier alpha value is -2.74. The molecule has 1 saturated heterocycles. The van der Waals surface area contributed by atoms with Crippen molar-refractivity contribution in [3.63, 3.8) is 0 Å². The van der Waals surface area contributed by atoms with Gasteiger partial charge in [0.15, 0.2) is 5.82 Å². The third-order valence-corrected chi connectivity index (χ3v) is 5.31. The van der Waals surface area contributed by atoms with Gasteiger partial charge in [-0.3, -0.25) is 9.58 Å². The van der Waals surface area contributed by atoms with Crippen molar-refractivity contribution in [2.45, 2.75) is 45.3 Å². The molecule has 4 rings (SSSR count). The smallest absolute Gasteiger partial charge is 0.154 e. The number of nitrogen functional groups attached to an aromatic ring is 1. The fourth-order valence-corrected chi connectivity index (χ4v) is 3.83. The highest BCUT2D eigenvalue weighted by molar-refractivity contribution is 5.38. The van der Waals surface area contributed by atoms with Gasteiger partial charge in [-0.05, 0) is 45.0 Å². The second-order valence-corrected chi connectivity index (χ2v) is 7.02. The van der Waals surface area contributed by atoms with Gasteiger partial charge < -0.3 is 10.3 Å². The molecule has 4 heterocycles. The SMILES string of the molecule is CCn1c(Cn2cccn2)nnc1C1CCN(Cc2cccnc2N)CC1. The highest BCUT2D eigenvalue weighted by Gasteiger charge is 2.26. The number of piperidine rings is 1. The molecule has 0 radical (unpaired) electrons. The number of anilines is 1. The first kappa shape index (κ1) is 17.7. The molecule has 0 aliphatic carbocycles. The Balaban J connectivity index is 1.41. The maximum absolute atomic E-state index is 5.99. The number of hydrogen-bond donors (Lipinski definition) is 1. The summed E-state index contributed by atoms with van der Waals surface area (Å²) in [7, 11) is 0. The van der Waals surface area contributed by atoms with Crippen molar-refractivity contribution in [1.82, 2.24) is 34.4 Å². The van der Waals surface area contributed by atoms with E-state index in [0.717, 1.165) is 56.2 Å². The van der Waals surface area contributed by atoms with Crippen LogP contribution in [0.4, 0.5) is 5.82 Å². The van der Waals surface area contributed by atoms with Gasteiger partial charge in [-0.1, -0.05) is 6.07 Å². The lowest BCUT2D eigenvalue weighted by molar-refractivity contribution is 0.200. The van der Waals surface area contributed by atoms with Crippen molar-refractivity contribution >= 4 is 5.82 Å². The molecule has 8 heteroatoms. The summed E-state index contributed by atoms with van der Waals surface area (Å²) in [5, 5.41) is 13.3. The van der Waals surface area contributed by atoms with Crippen LogP contribution in [0.2, 0.25) is 0 Å². The molecule has 0 bridgehead atoms. The molecule has 3 aromatic rings. The fourth-order valence-electron chi connectivity index (χ4n) is 3.83. The number of aromatic nitrogens is 6. The second-order valence-electron chi connectivity index (χ2n) is 7.02. The average Bonchev–Trinajstić information content (AvgIpc) is 3.34. The topological polar surface area (TPSA) is 90.7 Å². The Labute approximate surface area is 159 Å². The number of hydrogen-bond acceptors (Lipinski definition) is 6. The molecule has 1 aliphatic rings. The highest BCUT2D eigenvalue weighted by Crippen LogP contribution is 2.28. The van der Waals surface area contributed by atoms with Gasteiger partial charge in [0.2, 0.25) is 0 Å². The lowest BCUT2D eigenvalue weighted by atomic mass is 9.95. The van der Waals surface area contributed by atoms with Crippen molar-refractivity contribution in [1.29, 1.82) is 0 Å². The van der Waals surface area contributed by atoms with Gasteiger partial charge in [0.05, 0.1) is 0 Å². The van der Waals surface area contributed by atoms with Crippen molar-refractivity contribution < 1.29 is 0 Å². The molecule has 142 valence electrons. The molecule has 2 N–H and O–H groups in total. The van der Waals surface area contributed by atoms with E-state index in [-0.39, 0.29) is 0 Å². The molecule has 3 aromatic heterocycles. The number of pyridine rings is 1. The zero-order chi connectivity index (χ0) is 18.6. The van der Waals surface area contributed by atoms with E-state index < -0.39 is 0 Å². The zero-order valence-corrected chi connectivity index (χ0v) is 15.7. The van der Waals surface area contributed by atoms with Crippen LogP contribution < -0.4 is 5.73 Å². The predicted molar refractivity (Wildman–Crippen MR) is 103 cm³/mol. The summed E-state index contributed by atoms with van der Waals surface area (Å²) in [5.74, 6) is 3.17. The number of rotatable bonds is 6. The minimum absolute atomic E-state index is 0.450. The van der Waals surface area contributed by atoms with Crippen LogP contribution in [0.3, 0.4) is 0 Å². The quantitative estimate of drug-likeness (QED) is 0.716. The van der Waals surface area contributed by atoms with Gasteiger partial charge in [0.25, 0.3) is 0 Å². The van der Waals surface area contributed by atoms with Crippen molar-refractivity contribution in [2.75, 3.05) is 18.8 Å². The Morgan fingerprint density at radius 2 is 1.96 bits per heavy atom. The van der Waals surface area contributed by atoms with E-state index in [1.165, 1.54) is 0 Å². The first-order valence-corrected chi connectivity index (χ1v) is 9.55. The van der Waals surface area contributed by atoms with Crippen LogP contribution in [-0.4, -0.2) is 47.5 Å². The van der Waals surface area contributed by atoms with Crippen LogP contribution >= 0.6 is 0 Å². The lowest BCUT2D eigenvalue weighted by Crippen LogP contribution is -2.33. The maximum Gasteiger partial charge on any atom is 0.154 e. The normalized spacial score (nSPS) is 16.0. The molecule has 0 unspecified atom stereocenters. The molecule has 0 aromatic carbocycles. The first-order valence-electron chi connectivity index (χ1n) is 9.55. The van der Waals surface area contributed by atoms with Gasteiger partial charge >= 0.3 is 0 Å². The van der Waals surface area contributed by atoms with Crippen molar-refractivity contribution in [2.24, 2.45) is 0 Å². The molecule has 8 nitrogen and oxygen atoms in total. The minimum atomic E-state index is 0.450. The zero-order valence-electron chi connectivity index (χ0n) is 15.7. The maximum atomic E-state index is 5.99. The summed E-state index contributed by atoms with van der Waals surface area (Å²) in [4.78, 5) is 6.63. The largest absolute Gasteiger partial charge is 0.383 e. The van der Waals surface area contributed by atoms with Crippen LogP contribution in [0, 0.1) is 0 Å². The molecule has 0 saturated carbocycles. The van der Waals surface area contributed by atoms with E-state index in [4.69, 9.17) is 5.73 Å². The molecule has 0 atom stereocenters. The Kier molecular flexibility index (Phi) is 5.15. The number of likely N-dealkylation sites (tertiary alicyclic amines) is 1. The van der Waals surface area contributed by atoms with Crippen molar-refractivity contribution in [3.8, 4) is 0 Å². The molecule has 1 fully saturated rings. The van der Waals surface area contributed by atoms with E-state index in [1.807, 2.05) is 23.0 Å². The fraction of sp³-hybridized carbons (Fsp3) is 0.474. The molecule has 27 heavy (non-hydrogen) atoms. The van der Waals surface area contributed by atoms with E-state index in [9.17, 15) is 0 Å². The summed E-state index contributed by atoms with van der Waals surface area (Å²) in [6, 6.07) is 5.94. The monoisotopic (exact) mass is 366 g/mol. The Bertz CT molecular complexity index is 862. The van der Waals surface area contributed by atoms with E-state index in [0.29, 0.717) is 18.3 Å². The third-order valence-electron chi connectivity index (χ3n) is 5.31. The predicted octanol–water partition coefficient (Wildman–Crippen LogP) is 1.90.